The third-order valence-electron chi connectivity index (χ3n) is 5.82. The van der Waals surface area contributed by atoms with Gasteiger partial charge in [0.2, 0.25) is 5.91 Å². The van der Waals surface area contributed by atoms with Gasteiger partial charge in [0.15, 0.2) is 6.61 Å². The molecule has 0 radical (unpaired) electrons. The highest BCUT2D eigenvalue weighted by atomic mass is 16.5. The summed E-state index contributed by atoms with van der Waals surface area (Å²) in [5, 5.41) is 4.13. The lowest BCUT2D eigenvalue weighted by Gasteiger charge is -2.32. The molecule has 6 nitrogen and oxygen atoms in total. The zero-order valence-corrected chi connectivity index (χ0v) is 15.9. The number of nitrogens with zero attached hydrogens (tertiary/aromatic N) is 2. The number of hydrogen-bond donors (Lipinski definition) is 1. The fraction of sp³-hybridized carbons (Fsp3) is 0.273. The highest BCUT2D eigenvalue weighted by Gasteiger charge is 2.32. The van der Waals surface area contributed by atoms with E-state index in [0.29, 0.717) is 12.2 Å². The van der Waals surface area contributed by atoms with Crippen molar-refractivity contribution in [3.63, 3.8) is 0 Å². The molecule has 28 heavy (non-hydrogen) atoms. The van der Waals surface area contributed by atoms with Gasteiger partial charge in [0, 0.05) is 54.8 Å². The topological polar surface area (TPSA) is 63.6 Å². The minimum absolute atomic E-state index is 0.00961. The molecule has 3 heterocycles. The lowest BCUT2D eigenvalue weighted by Crippen LogP contribution is -2.36. The lowest BCUT2D eigenvalue weighted by molar-refractivity contribution is -0.121. The van der Waals surface area contributed by atoms with E-state index in [-0.39, 0.29) is 24.3 Å². The maximum Gasteiger partial charge on any atom is 0.264 e. The Morgan fingerprint density at radius 3 is 2.86 bits per heavy atom. The number of aryl methyl sites for hydroxylation is 1. The van der Waals surface area contributed by atoms with Crippen molar-refractivity contribution in [1.29, 1.82) is 0 Å². The number of carbonyl (C=O) groups excluding carboxylic acids is 2. The maximum absolute atomic E-state index is 12.5. The monoisotopic (exact) mass is 375 g/mol. The van der Waals surface area contributed by atoms with E-state index in [9.17, 15) is 9.59 Å². The van der Waals surface area contributed by atoms with E-state index in [4.69, 9.17) is 4.74 Å². The SMILES string of the molecule is CCn1ccc2c(C3CC(=O)Nc4cc5c(cc43)N(C)C(=O)CO5)cccc21. The lowest BCUT2D eigenvalue weighted by atomic mass is 9.83. The van der Waals surface area contributed by atoms with E-state index in [1.165, 1.54) is 5.52 Å². The first-order chi connectivity index (χ1) is 13.6. The van der Waals surface area contributed by atoms with Crippen LogP contribution in [0, 0.1) is 0 Å². The number of ether oxygens (including phenoxy) is 1. The molecule has 0 spiro atoms. The summed E-state index contributed by atoms with van der Waals surface area (Å²) in [6.07, 6.45) is 2.46. The van der Waals surface area contributed by atoms with Crippen LogP contribution in [0.3, 0.4) is 0 Å². The number of likely N-dealkylation sites (N-methyl/N-ethyl adjacent to an activating group) is 1. The van der Waals surface area contributed by atoms with Crippen LogP contribution in [0.2, 0.25) is 0 Å². The summed E-state index contributed by atoms with van der Waals surface area (Å²) in [5.41, 5.74) is 4.82. The number of rotatable bonds is 2. The summed E-state index contributed by atoms with van der Waals surface area (Å²) in [7, 11) is 1.76. The number of amides is 2. The number of fused-ring (bicyclic) bond motifs is 3. The molecule has 0 aliphatic carbocycles. The molecule has 5 rings (SSSR count). The molecule has 2 aromatic carbocycles. The Morgan fingerprint density at radius 2 is 2.04 bits per heavy atom. The molecule has 1 unspecified atom stereocenters. The van der Waals surface area contributed by atoms with Crippen LogP contribution in [-0.2, 0) is 16.1 Å². The summed E-state index contributed by atoms with van der Waals surface area (Å²) < 4.78 is 7.79. The second-order valence-corrected chi connectivity index (χ2v) is 7.34. The van der Waals surface area contributed by atoms with E-state index in [1.807, 2.05) is 18.2 Å². The highest BCUT2D eigenvalue weighted by molar-refractivity contribution is 6.01. The van der Waals surface area contributed by atoms with Crippen molar-refractivity contribution in [2.75, 3.05) is 23.9 Å². The number of anilines is 2. The molecule has 1 N–H and O–H groups in total. The van der Waals surface area contributed by atoms with Gasteiger partial charge in [-0.3, -0.25) is 9.59 Å². The molecule has 2 amide bonds. The van der Waals surface area contributed by atoms with Crippen LogP contribution in [0.5, 0.6) is 5.75 Å². The van der Waals surface area contributed by atoms with Crippen molar-refractivity contribution in [3.8, 4) is 5.75 Å². The van der Waals surface area contributed by atoms with Crippen molar-refractivity contribution in [3.05, 3.63) is 53.7 Å². The molecule has 6 heteroatoms. The standard InChI is InChI=1S/C22H21N3O3/c1-3-25-8-7-14-13(5-4-6-18(14)25)15-10-21(26)23-17-11-20-19(9-16(15)17)24(2)22(27)12-28-20/h4-9,11,15H,3,10,12H2,1-2H3,(H,23,26). The first-order valence-electron chi connectivity index (χ1n) is 9.51. The Morgan fingerprint density at radius 1 is 1.18 bits per heavy atom. The molecule has 1 atom stereocenters. The van der Waals surface area contributed by atoms with Gasteiger partial charge in [0.1, 0.15) is 5.75 Å². The Labute approximate surface area is 162 Å². The number of nitrogens with one attached hydrogen (secondary N) is 1. The van der Waals surface area contributed by atoms with E-state index in [1.54, 1.807) is 11.9 Å². The zero-order valence-electron chi connectivity index (χ0n) is 15.9. The molecule has 0 bridgehead atoms. The molecule has 142 valence electrons. The summed E-state index contributed by atoms with van der Waals surface area (Å²) in [5.74, 6) is 0.462. The zero-order chi connectivity index (χ0) is 19.4. The molecule has 0 fully saturated rings. The van der Waals surface area contributed by atoms with Crippen LogP contribution in [-0.4, -0.2) is 30.0 Å². The van der Waals surface area contributed by atoms with Gasteiger partial charge in [0.05, 0.1) is 5.69 Å². The number of aromatic nitrogens is 1. The van der Waals surface area contributed by atoms with E-state index in [0.717, 1.165) is 34.4 Å². The van der Waals surface area contributed by atoms with E-state index >= 15 is 0 Å². The van der Waals surface area contributed by atoms with Gasteiger partial charge in [-0.05, 0) is 36.2 Å². The van der Waals surface area contributed by atoms with Crippen LogP contribution < -0.4 is 15.0 Å². The van der Waals surface area contributed by atoms with Crippen molar-refractivity contribution in [2.24, 2.45) is 0 Å². The normalized spacial score (nSPS) is 18.5. The average molecular weight is 375 g/mol. The largest absolute Gasteiger partial charge is 0.481 e. The van der Waals surface area contributed by atoms with Crippen LogP contribution in [0.25, 0.3) is 10.9 Å². The number of hydrogen-bond acceptors (Lipinski definition) is 3. The van der Waals surface area contributed by atoms with Crippen molar-refractivity contribution >= 4 is 34.1 Å². The molecule has 2 aliphatic heterocycles. The molecule has 3 aromatic rings. The molecule has 1 aromatic heterocycles. The fourth-order valence-corrected chi connectivity index (χ4v) is 4.33. The third-order valence-corrected chi connectivity index (χ3v) is 5.82. The minimum Gasteiger partial charge on any atom is -0.481 e. The van der Waals surface area contributed by atoms with Gasteiger partial charge in [0.25, 0.3) is 5.91 Å². The van der Waals surface area contributed by atoms with Gasteiger partial charge in [-0.1, -0.05) is 12.1 Å². The van der Waals surface area contributed by atoms with Gasteiger partial charge in [-0.2, -0.15) is 0 Å². The summed E-state index contributed by atoms with van der Waals surface area (Å²) in [4.78, 5) is 26.2. The van der Waals surface area contributed by atoms with Gasteiger partial charge < -0.3 is 19.5 Å². The van der Waals surface area contributed by atoms with Crippen molar-refractivity contribution in [1.82, 2.24) is 4.57 Å². The highest BCUT2D eigenvalue weighted by Crippen LogP contribution is 2.45. The van der Waals surface area contributed by atoms with Gasteiger partial charge in [-0.15, -0.1) is 0 Å². The van der Waals surface area contributed by atoms with Gasteiger partial charge >= 0.3 is 0 Å². The quantitative estimate of drug-likeness (QED) is 0.746. The second-order valence-electron chi connectivity index (χ2n) is 7.34. The predicted octanol–water partition coefficient (Wildman–Crippen LogP) is 3.49. The Bertz CT molecular complexity index is 1130. The van der Waals surface area contributed by atoms with Gasteiger partial charge in [-0.25, -0.2) is 0 Å². The molecular formula is C22H21N3O3. The smallest absolute Gasteiger partial charge is 0.264 e. The van der Waals surface area contributed by atoms with Crippen LogP contribution in [0.15, 0.2) is 42.6 Å². The summed E-state index contributed by atoms with van der Waals surface area (Å²) >= 11 is 0. The number of benzene rings is 2. The Balaban J connectivity index is 1.70. The molecule has 0 saturated carbocycles. The fourth-order valence-electron chi connectivity index (χ4n) is 4.33. The number of carbonyl (C=O) groups is 2. The first kappa shape index (κ1) is 16.9. The predicted molar refractivity (Wildman–Crippen MR) is 108 cm³/mol. The Kier molecular flexibility index (Phi) is 3.69. The van der Waals surface area contributed by atoms with E-state index in [2.05, 4.69) is 41.2 Å². The van der Waals surface area contributed by atoms with E-state index < -0.39 is 0 Å². The molecule has 0 saturated heterocycles. The van der Waals surface area contributed by atoms with Crippen LogP contribution in [0.4, 0.5) is 11.4 Å². The third kappa shape index (κ3) is 2.41. The van der Waals surface area contributed by atoms with Crippen molar-refractivity contribution < 1.29 is 14.3 Å². The average Bonchev–Trinajstić information content (AvgIpc) is 3.12. The first-order valence-corrected chi connectivity index (χ1v) is 9.51. The molecule has 2 aliphatic rings. The Hall–Kier alpha value is -3.28. The van der Waals surface area contributed by atoms with Crippen LogP contribution in [0.1, 0.15) is 30.4 Å². The molecular weight excluding hydrogens is 354 g/mol. The second kappa shape index (κ2) is 6.12. The summed E-state index contributed by atoms with van der Waals surface area (Å²) in [6, 6.07) is 12.2. The van der Waals surface area contributed by atoms with Crippen LogP contribution >= 0.6 is 0 Å². The maximum atomic E-state index is 12.5. The van der Waals surface area contributed by atoms with Crippen molar-refractivity contribution in [2.45, 2.75) is 25.8 Å². The summed E-state index contributed by atoms with van der Waals surface area (Å²) in [6.45, 7) is 3.03. The minimum atomic E-state index is -0.0778.